The predicted molar refractivity (Wildman–Crippen MR) is 70.3 cm³/mol. The highest BCUT2D eigenvalue weighted by Gasteiger charge is 2.05. The van der Waals surface area contributed by atoms with E-state index >= 15 is 0 Å². The third kappa shape index (κ3) is 2.39. The highest BCUT2D eigenvalue weighted by atomic mass is 15.3. The second-order valence-corrected chi connectivity index (χ2v) is 4.64. The molecule has 0 fully saturated rings. The molecule has 17 heavy (non-hydrogen) atoms. The zero-order valence-corrected chi connectivity index (χ0v) is 10.6. The lowest BCUT2D eigenvalue weighted by molar-refractivity contribution is 0.808. The maximum absolute atomic E-state index is 5.60. The van der Waals surface area contributed by atoms with Gasteiger partial charge in [0, 0.05) is 12.2 Å². The summed E-state index contributed by atoms with van der Waals surface area (Å²) < 4.78 is 1.94. The van der Waals surface area contributed by atoms with Gasteiger partial charge in [0.25, 0.3) is 0 Å². The SMILES string of the molecule is Cc1cc(CN)nn1-c1ccc(C(C)C)cc1. The predicted octanol–water partition coefficient (Wildman–Crippen LogP) is 2.76. The van der Waals surface area contributed by atoms with E-state index in [-0.39, 0.29) is 0 Å². The lowest BCUT2D eigenvalue weighted by Crippen LogP contribution is -2.02. The van der Waals surface area contributed by atoms with E-state index in [2.05, 4.69) is 43.2 Å². The van der Waals surface area contributed by atoms with E-state index in [1.807, 2.05) is 17.7 Å². The van der Waals surface area contributed by atoms with Gasteiger partial charge in [0.15, 0.2) is 0 Å². The Morgan fingerprint density at radius 2 is 1.88 bits per heavy atom. The largest absolute Gasteiger partial charge is 0.325 e. The summed E-state index contributed by atoms with van der Waals surface area (Å²) in [6, 6.07) is 10.5. The molecule has 3 nitrogen and oxygen atoms in total. The van der Waals surface area contributed by atoms with E-state index in [1.54, 1.807) is 0 Å². The minimum absolute atomic E-state index is 0.484. The molecule has 3 heteroatoms. The van der Waals surface area contributed by atoms with Gasteiger partial charge in [-0.15, -0.1) is 0 Å². The van der Waals surface area contributed by atoms with Crippen molar-refractivity contribution in [3.05, 3.63) is 47.3 Å². The third-order valence-corrected chi connectivity index (χ3v) is 2.95. The van der Waals surface area contributed by atoms with Crippen LogP contribution in [-0.2, 0) is 6.54 Å². The highest BCUT2D eigenvalue weighted by molar-refractivity contribution is 5.36. The van der Waals surface area contributed by atoms with Gasteiger partial charge in [0.2, 0.25) is 0 Å². The van der Waals surface area contributed by atoms with Crippen LogP contribution in [0.2, 0.25) is 0 Å². The molecule has 0 amide bonds. The molecule has 2 N–H and O–H groups in total. The first-order valence-electron chi connectivity index (χ1n) is 5.97. The molecular formula is C14H19N3. The van der Waals surface area contributed by atoms with Crippen molar-refractivity contribution in [2.75, 3.05) is 0 Å². The van der Waals surface area contributed by atoms with E-state index in [9.17, 15) is 0 Å². The Kier molecular flexibility index (Phi) is 3.29. The Bertz CT molecular complexity index is 495. The third-order valence-electron chi connectivity index (χ3n) is 2.95. The van der Waals surface area contributed by atoms with Crippen LogP contribution in [0.4, 0.5) is 0 Å². The Morgan fingerprint density at radius 3 is 2.35 bits per heavy atom. The maximum Gasteiger partial charge on any atom is 0.0767 e. The van der Waals surface area contributed by atoms with Crippen molar-refractivity contribution in [3.63, 3.8) is 0 Å². The van der Waals surface area contributed by atoms with E-state index in [4.69, 9.17) is 5.73 Å². The van der Waals surface area contributed by atoms with Crippen molar-refractivity contribution < 1.29 is 0 Å². The molecule has 0 saturated carbocycles. The molecule has 0 spiro atoms. The van der Waals surface area contributed by atoms with Crippen molar-refractivity contribution in [2.24, 2.45) is 5.73 Å². The number of aryl methyl sites for hydroxylation is 1. The minimum Gasteiger partial charge on any atom is -0.325 e. The lowest BCUT2D eigenvalue weighted by Gasteiger charge is -2.08. The van der Waals surface area contributed by atoms with E-state index in [0.29, 0.717) is 12.5 Å². The molecule has 90 valence electrons. The van der Waals surface area contributed by atoms with Crippen molar-refractivity contribution >= 4 is 0 Å². The average molecular weight is 229 g/mol. The second-order valence-electron chi connectivity index (χ2n) is 4.64. The molecule has 2 aromatic rings. The second kappa shape index (κ2) is 4.72. The van der Waals surface area contributed by atoms with E-state index in [1.165, 1.54) is 5.56 Å². The molecule has 1 heterocycles. The van der Waals surface area contributed by atoms with Crippen LogP contribution in [0.25, 0.3) is 5.69 Å². The Morgan fingerprint density at radius 1 is 1.24 bits per heavy atom. The van der Waals surface area contributed by atoms with Crippen LogP contribution >= 0.6 is 0 Å². The van der Waals surface area contributed by atoms with Gasteiger partial charge < -0.3 is 5.73 Å². The van der Waals surface area contributed by atoms with Crippen molar-refractivity contribution in [1.82, 2.24) is 9.78 Å². The van der Waals surface area contributed by atoms with Crippen LogP contribution in [0.5, 0.6) is 0 Å². The van der Waals surface area contributed by atoms with Crippen LogP contribution < -0.4 is 5.73 Å². The first kappa shape index (κ1) is 11.9. The van der Waals surface area contributed by atoms with Crippen LogP contribution in [-0.4, -0.2) is 9.78 Å². The van der Waals surface area contributed by atoms with Crippen molar-refractivity contribution in [2.45, 2.75) is 33.2 Å². The number of aromatic nitrogens is 2. The number of nitrogens with two attached hydrogens (primary N) is 1. The topological polar surface area (TPSA) is 43.8 Å². The Hall–Kier alpha value is -1.61. The molecule has 2 rings (SSSR count). The standard InChI is InChI=1S/C14H19N3/c1-10(2)12-4-6-14(7-5-12)17-11(3)8-13(9-15)16-17/h4-8,10H,9,15H2,1-3H3. The smallest absolute Gasteiger partial charge is 0.0767 e. The molecular weight excluding hydrogens is 210 g/mol. The molecule has 0 atom stereocenters. The summed E-state index contributed by atoms with van der Waals surface area (Å²) in [6.45, 7) is 6.92. The molecule has 1 aromatic carbocycles. The summed E-state index contributed by atoms with van der Waals surface area (Å²) >= 11 is 0. The van der Waals surface area contributed by atoms with Gasteiger partial charge >= 0.3 is 0 Å². The average Bonchev–Trinajstić information content (AvgIpc) is 2.71. The van der Waals surface area contributed by atoms with Gasteiger partial charge in [-0.3, -0.25) is 0 Å². The monoisotopic (exact) mass is 229 g/mol. The molecule has 0 unspecified atom stereocenters. The van der Waals surface area contributed by atoms with Gasteiger partial charge in [-0.1, -0.05) is 26.0 Å². The first-order valence-corrected chi connectivity index (χ1v) is 5.97. The summed E-state index contributed by atoms with van der Waals surface area (Å²) in [4.78, 5) is 0. The van der Waals surface area contributed by atoms with Gasteiger partial charge in [0.1, 0.15) is 0 Å². The summed E-state index contributed by atoms with van der Waals surface area (Å²) in [6.07, 6.45) is 0. The first-order chi connectivity index (χ1) is 8.11. The fraction of sp³-hybridized carbons (Fsp3) is 0.357. The number of nitrogens with zero attached hydrogens (tertiary/aromatic N) is 2. The molecule has 0 aliphatic heterocycles. The molecule has 0 radical (unpaired) electrons. The number of hydrogen-bond acceptors (Lipinski definition) is 2. The maximum atomic E-state index is 5.60. The zero-order valence-electron chi connectivity index (χ0n) is 10.6. The minimum atomic E-state index is 0.484. The molecule has 0 bridgehead atoms. The zero-order chi connectivity index (χ0) is 12.4. The van der Waals surface area contributed by atoms with Gasteiger partial charge in [-0.25, -0.2) is 4.68 Å². The van der Waals surface area contributed by atoms with Crippen LogP contribution in [0, 0.1) is 6.92 Å². The molecule has 0 aliphatic carbocycles. The van der Waals surface area contributed by atoms with Crippen molar-refractivity contribution in [3.8, 4) is 5.69 Å². The fourth-order valence-corrected chi connectivity index (χ4v) is 1.90. The molecule has 0 saturated heterocycles. The van der Waals surface area contributed by atoms with Crippen LogP contribution in [0.3, 0.4) is 0 Å². The van der Waals surface area contributed by atoms with E-state index < -0.39 is 0 Å². The van der Waals surface area contributed by atoms with Gasteiger partial charge in [0.05, 0.1) is 11.4 Å². The Balaban J connectivity index is 2.36. The number of benzene rings is 1. The Labute approximate surface area is 102 Å². The summed E-state index contributed by atoms with van der Waals surface area (Å²) in [5.74, 6) is 0.558. The van der Waals surface area contributed by atoms with Crippen LogP contribution in [0.15, 0.2) is 30.3 Å². The summed E-state index contributed by atoms with van der Waals surface area (Å²) in [5, 5.41) is 4.46. The van der Waals surface area contributed by atoms with Gasteiger partial charge in [-0.2, -0.15) is 5.10 Å². The summed E-state index contributed by atoms with van der Waals surface area (Å²) in [7, 11) is 0. The normalized spacial score (nSPS) is 11.1. The highest BCUT2D eigenvalue weighted by Crippen LogP contribution is 2.18. The number of hydrogen-bond donors (Lipinski definition) is 1. The number of rotatable bonds is 3. The quantitative estimate of drug-likeness (QED) is 0.879. The molecule has 0 aliphatic rings. The van der Waals surface area contributed by atoms with E-state index in [0.717, 1.165) is 17.1 Å². The molecule has 1 aromatic heterocycles. The fourth-order valence-electron chi connectivity index (χ4n) is 1.90. The van der Waals surface area contributed by atoms with Crippen LogP contribution in [0.1, 0.15) is 36.7 Å². The lowest BCUT2D eigenvalue weighted by atomic mass is 10.0. The van der Waals surface area contributed by atoms with Gasteiger partial charge in [-0.05, 0) is 36.6 Å². The van der Waals surface area contributed by atoms with Crippen molar-refractivity contribution in [1.29, 1.82) is 0 Å². The summed E-state index contributed by atoms with van der Waals surface area (Å²) in [5.41, 5.74) is 10.1.